The van der Waals surface area contributed by atoms with Crippen LogP contribution in [-0.2, 0) is 19.4 Å². The van der Waals surface area contributed by atoms with Crippen molar-refractivity contribution in [3.63, 3.8) is 0 Å². The van der Waals surface area contributed by atoms with E-state index in [4.69, 9.17) is 4.98 Å². The minimum atomic E-state index is 0.516. The Kier molecular flexibility index (Phi) is 3.51. The van der Waals surface area contributed by atoms with Gasteiger partial charge >= 0.3 is 0 Å². The smallest absolute Gasteiger partial charge is 0.0711 e. The number of pyridine rings is 1. The molecule has 0 spiro atoms. The fourth-order valence-corrected chi connectivity index (χ4v) is 3.13. The lowest BCUT2D eigenvalue weighted by atomic mass is 9.97. The third kappa shape index (κ3) is 2.33. The van der Waals surface area contributed by atoms with E-state index in [9.17, 15) is 0 Å². The highest BCUT2D eigenvalue weighted by atomic mass is 14.9. The normalized spacial score (nSPS) is 14.2. The lowest BCUT2D eigenvalue weighted by Gasteiger charge is -2.16. The Labute approximate surface area is 121 Å². The third-order valence-corrected chi connectivity index (χ3v) is 4.43. The zero-order valence-electron chi connectivity index (χ0n) is 13.0. The molecule has 20 heavy (non-hydrogen) atoms. The SMILES string of the molecule is Cc1cc2nc3c(c(CNC(C)C)c2cc1C)CCC3. The minimum absolute atomic E-state index is 0.516. The summed E-state index contributed by atoms with van der Waals surface area (Å²) < 4.78 is 0. The molecule has 1 aliphatic carbocycles. The van der Waals surface area contributed by atoms with Crippen molar-refractivity contribution in [1.82, 2.24) is 10.3 Å². The van der Waals surface area contributed by atoms with Gasteiger partial charge in [0, 0.05) is 23.7 Å². The number of aryl methyl sites for hydroxylation is 3. The van der Waals surface area contributed by atoms with Crippen LogP contribution in [0, 0.1) is 13.8 Å². The fraction of sp³-hybridized carbons (Fsp3) is 0.500. The Balaban J connectivity index is 2.19. The van der Waals surface area contributed by atoms with Crippen molar-refractivity contribution in [2.24, 2.45) is 0 Å². The first-order valence-corrected chi connectivity index (χ1v) is 7.71. The molecule has 2 aromatic rings. The highest BCUT2D eigenvalue weighted by Crippen LogP contribution is 2.31. The van der Waals surface area contributed by atoms with Gasteiger partial charge in [0.15, 0.2) is 0 Å². The summed E-state index contributed by atoms with van der Waals surface area (Å²) in [7, 11) is 0. The number of benzene rings is 1. The van der Waals surface area contributed by atoms with Crippen LogP contribution in [0.4, 0.5) is 0 Å². The molecule has 0 fully saturated rings. The zero-order chi connectivity index (χ0) is 14.3. The number of rotatable bonds is 3. The predicted octanol–water partition coefficient (Wildman–Crippen LogP) is 3.84. The molecule has 2 heteroatoms. The Morgan fingerprint density at radius 2 is 1.90 bits per heavy atom. The highest BCUT2D eigenvalue weighted by molar-refractivity contribution is 5.85. The molecular weight excluding hydrogens is 244 g/mol. The monoisotopic (exact) mass is 268 g/mol. The second kappa shape index (κ2) is 5.17. The molecule has 0 unspecified atom stereocenters. The summed E-state index contributed by atoms with van der Waals surface area (Å²) in [5, 5.41) is 4.94. The lowest BCUT2D eigenvalue weighted by Crippen LogP contribution is -2.23. The predicted molar refractivity (Wildman–Crippen MR) is 85.2 cm³/mol. The number of hydrogen-bond acceptors (Lipinski definition) is 2. The maximum Gasteiger partial charge on any atom is 0.0711 e. The van der Waals surface area contributed by atoms with Crippen molar-refractivity contribution >= 4 is 10.9 Å². The van der Waals surface area contributed by atoms with E-state index in [1.54, 1.807) is 0 Å². The van der Waals surface area contributed by atoms with Gasteiger partial charge in [0.05, 0.1) is 5.52 Å². The van der Waals surface area contributed by atoms with Gasteiger partial charge in [0.25, 0.3) is 0 Å². The average Bonchev–Trinajstić information content (AvgIpc) is 2.84. The van der Waals surface area contributed by atoms with Crippen LogP contribution in [0.3, 0.4) is 0 Å². The van der Waals surface area contributed by atoms with E-state index < -0.39 is 0 Å². The number of fused-ring (bicyclic) bond motifs is 2. The molecular formula is C18H24N2. The van der Waals surface area contributed by atoms with Crippen LogP contribution in [0.2, 0.25) is 0 Å². The van der Waals surface area contributed by atoms with Crippen molar-refractivity contribution < 1.29 is 0 Å². The molecule has 0 radical (unpaired) electrons. The molecule has 0 amide bonds. The van der Waals surface area contributed by atoms with E-state index in [2.05, 4.69) is 45.1 Å². The van der Waals surface area contributed by atoms with Gasteiger partial charge in [-0.1, -0.05) is 13.8 Å². The van der Waals surface area contributed by atoms with Crippen molar-refractivity contribution in [2.45, 2.75) is 59.5 Å². The molecule has 1 aliphatic rings. The summed E-state index contributed by atoms with van der Waals surface area (Å²) in [6.07, 6.45) is 3.60. The number of aromatic nitrogens is 1. The van der Waals surface area contributed by atoms with Crippen LogP contribution in [0.5, 0.6) is 0 Å². The number of nitrogens with one attached hydrogen (secondary N) is 1. The van der Waals surface area contributed by atoms with E-state index in [-0.39, 0.29) is 0 Å². The standard InChI is InChI=1S/C18H24N2/c1-11(2)19-10-16-14-6-5-7-17(14)20-18-9-13(4)12(3)8-15(16)18/h8-9,11,19H,5-7,10H2,1-4H3. The van der Waals surface area contributed by atoms with E-state index in [1.165, 1.54) is 51.7 Å². The van der Waals surface area contributed by atoms with Crippen molar-refractivity contribution in [1.29, 1.82) is 0 Å². The first kappa shape index (κ1) is 13.6. The maximum absolute atomic E-state index is 4.92. The summed E-state index contributed by atoms with van der Waals surface area (Å²) in [6.45, 7) is 9.75. The quantitative estimate of drug-likeness (QED) is 0.915. The molecule has 0 saturated heterocycles. The van der Waals surface area contributed by atoms with Gasteiger partial charge in [-0.15, -0.1) is 0 Å². The first-order chi connectivity index (χ1) is 9.56. The molecule has 1 heterocycles. The lowest BCUT2D eigenvalue weighted by molar-refractivity contribution is 0.588. The van der Waals surface area contributed by atoms with Gasteiger partial charge < -0.3 is 5.32 Å². The molecule has 3 rings (SSSR count). The topological polar surface area (TPSA) is 24.9 Å². The second-order valence-electron chi connectivity index (χ2n) is 6.36. The van der Waals surface area contributed by atoms with Gasteiger partial charge in [-0.25, -0.2) is 0 Å². The summed E-state index contributed by atoms with van der Waals surface area (Å²) in [5.74, 6) is 0. The molecule has 0 saturated carbocycles. The zero-order valence-corrected chi connectivity index (χ0v) is 13.0. The molecule has 1 aromatic heterocycles. The van der Waals surface area contributed by atoms with Crippen molar-refractivity contribution in [3.05, 3.63) is 40.1 Å². The van der Waals surface area contributed by atoms with Crippen LogP contribution < -0.4 is 5.32 Å². The third-order valence-electron chi connectivity index (χ3n) is 4.43. The number of nitrogens with zero attached hydrogens (tertiary/aromatic N) is 1. The largest absolute Gasteiger partial charge is 0.310 e. The summed E-state index contributed by atoms with van der Waals surface area (Å²) in [5.41, 5.74) is 8.21. The maximum atomic E-state index is 4.92. The van der Waals surface area contributed by atoms with Crippen molar-refractivity contribution in [2.75, 3.05) is 0 Å². The van der Waals surface area contributed by atoms with Gasteiger partial charge in [-0.05, 0) is 67.5 Å². The van der Waals surface area contributed by atoms with Crippen LogP contribution in [0.15, 0.2) is 12.1 Å². The Morgan fingerprint density at radius 3 is 2.65 bits per heavy atom. The van der Waals surface area contributed by atoms with Gasteiger partial charge in [-0.3, -0.25) is 4.98 Å². The Hall–Kier alpha value is -1.41. The molecule has 0 aliphatic heterocycles. The molecule has 2 nitrogen and oxygen atoms in total. The van der Waals surface area contributed by atoms with Gasteiger partial charge in [0.1, 0.15) is 0 Å². The minimum Gasteiger partial charge on any atom is -0.310 e. The van der Waals surface area contributed by atoms with Crippen LogP contribution in [-0.4, -0.2) is 11.0 Å². The number of hydrogen-bond donors (Lipinski definition) is 1. The molecule has 0 bridgehead atoms. The van der Waals surface area contributed by atoms with E-state index >= 15 is 0 Å². The fourth-order valence-electron chi connectivity index (χ4n) is 3.13. The van der Waals surface area contributed by atoms with Crippen molar-refractivity contribution in [3.8, 4) is 0 Å². The molecule has 0 atom stereocenters. The first-order valence-electron chi connectivity index (χ1n) is 7.71. The molecule has 1 N–H and O–H groups in total. The second-order valence-corrected chi connectivity index (χ2v) is 6.36. The summed E-state index contributed by atoms with van der Waals surface area (Å²) in [6, 6.07) is 5.09. The summed E-state index contributed by atoms with van der Waals surface area (Å²) >= 11 is 0. The van der Waals surface area contributed by atoms with E-state index in [1.807, 2.05) is 0 Å². The van der Waals surface area contributed by atoms with Gasteiger partial charge in [-0.2, -0.15) is 0 Å². The Bertz CT molecular complexity index is 656. The van der Waals surface area contributed by atoms with Crippen LogP contribution in [0.25, 0.3) is 10.9 Å². The Morgan fingerprint density at radius 1 is 1.15 bits per heavy atom. The van der Waals surface area contributed by atoms with E-state index in [0.717, 1.165) is 13.0 Å². The molecule has 1 aromatic carbocycles. The molecule has 106 valence electrons. The van der Waals surface area contributed by atoms with Gasteiger partial charge in [0.2, 0.25) is 0 Å². The van der Waals surface area contributed by atoms with Crippen LogP contribution >= 0.6 is 0 Å². The van der Waals surface area contributed by atoms with Crippen LogP contribution in [0.1, 0.15) is 48.2 Å². The highest BCUT2D eigenvalue weighted by Gasteiger charge is 2.19. The average molecular weight is 268 g/mol. The van der Waals surface area contributed by atoms with E-state index in [0.29, 0.717) is 6.04 Å². The summed E-state index contributed by atoms with van der Waals surface area (Å²) in [4.78, 5) is 4.92.